The molecule has 1 saturated heterocycles. The fraction of sp³-hybridized carbons (Fsp3) is 0.615. The molecule has 0 unspecified atom stereocenters. The lowest BCUT2D eigenvalue weighted by Gasteiger charge is -2.14. The summed E-state index contributed by atoms with van der Waals surface area (Å²) in [5.74, 6) is -1.34. The molecule has 0 aromatic carbocycles. The minimum Gasteiger partial charge on any atom is -0.478 e. The van der Waals surface area contributed by atoms with Crippen molar-refractivity contribution in [3.05, 3.63) is 11.0 Å². The topological polar surface area (TPSA) is 70.0 Å². The van der Waals surface area contributed by atoms with Gasteiger partial charge in [-0.2, -0.15) is 0 Å². The van der Waals surface area contributed by atoms with Crippen molar-refractivity contribution in [3.8, 4) is 0 Å². The smallest absolute Gasteiger partial charge is 0.329 e. The molecular weight excluding hydrogens is 264 g/mol. The molecule has 0 aromatic heterocycles. The Labute approximate surface area is 117 Å². The fourth-order valence-corrected chi connectivity index (χ4v) is 2.58. The number of carboxylic acid groups (broad SMARTS) is 1. The number of carboxylic acids is 1. The predicted octanol–water partition coefficient (Wildman–Crippen LogP) is 2.49. The number of carbonyl (C=O) groups is 2. The third-order valence-electron chi connectivity index (χ3n) is 2.64. The number of thioether (sulfide) groups is 1. The van der Waals surface area contributed by atoms with E-state index in [1.165, 1.54) is 0 Å². The molecule has 0 aromatic rings. The van der Waals surface area contributed by atoms with E-state index in [2.05, 4.69) is 18.8 Å². The first-order valence-electron chi connectivity index (χ1n) is 6.58. The Hall–Kier alpha value is -1.30. The van der Waals surface area contributed by atoms with Gasteiger partial charge >= 0.3 is 5.97 Å². The molecule has 1 N–H and O–H groups in total. The van der Waals surface area contributed by atoms with Crippen molar-refractivity contribution in [2.24, 2.45) is 4.99 Å². The van der Waals surface area contributed by atoms with E-state index in [0.29, 0.717) is 18.3 Å². The van der Waals surface area contributed by atoms with Gasteiger partial charge in [-0.1, -0.05) is 26.7 Å². The molecule has 19 heavy (non-hydrogen) atoms. The van der Waals surface area contributed by atoms with Gasteiger partial charge in [0.2, 0.25) is 0 Å². The van der Waals surface area contributed by atoms with Gasteiger partial charge in [-0.05, 0) is 24.6 Å². The summed E-state index contributed by atoms with van der Waals surface area (Å²) < 4.78 is 0. The molecule has 1 amide bonds. The number of rotatable bonds is 7. The van der Waals surface area contributed by atoms with Gasteiger partial charge in [-0.25, -0.2) is 4.79 Å². The van der Waals surface area contributed by atoms with Gasteiger partial charge in [0.15, 0.2) is 5.17 Å². The van der Waals surface area contributed by atoms with E-state index in [9.17, 15) is 9.59 Å². The number of amidine groups is 1. The summed E-state index contributed by atoms with van der Waals surface area (Å²) >= 11 is 1.16. The maximum Gasteiger partial charge on any atom is 0.329 e. The van der Waals surface area contributed by atoms with Crippen LogP contribution >= 0.6 is 11.8 Å². The molecule has 1 aliphatic heterocycles. The maximum absolute atomic E-state index is 12.1. The van der Waals surface area contributed by atoms with Gasteiger partial charge in [0.05, 0.1) is 4.91 Å². The number of hydrogen-bond donors (Lipinski definition) is 1. The molecule has 0 radical (unpaired) electrons. The van der Waals surface area contributed by atoms with Crippen LogP contribution in [0.2, 0.25) is 0 Å². The molecule has 1 rings (SSSR count). The van der Waals surface area contributed by atoms with E-state index >= 15 is 0 Å². The minimum absolute atomic E-state index is 0.240. The van der Waals surface area contributed by atoms with E-state index in [1.807, 2.05) is 0 Å². The van der Waals surface area contributed by atoms with Crippen molar-refractivity contribution in [2.75, 3.05) is 13.1 Å². The summed E-state index contributed by atoms with van der Waals surface area (Å²) in [5.41, 5.74) is 0. The monoisotopic (exact) mass is 284 g/mol. The van der Waals surface area contributed by atoms with E-state index in [0.717, 1.165) is 43.5 Å². The zero-order valence-corrected chi connectivity index (χ0v) is 12.2. The summed E-state index contributed by atoms with van der Waals surface area (Å²) in [6.07, 6.45) is 4.85. The highest BCUT2D eigenvalue weighted by Gasteiger charge is 2.33. The molecule has 0 spiro atoms. The number of carbonyl (C=O) groups excluding carboxylic acids is 1. The number of aliphatic imine (C=N–C) groups is 1. The Morgan fingerprint density at radius 1 is 1.37 bits per heavy atom. The number of unbranched alkanes of at least 4 members (excludes halogenated alkanes) is 2. The molecule has 0 aliphatic carbocycles. The molecule has 106 valence electrons. The van der Waals surface area contributed by atoms with Crippen LogP contribution in [-0.4, -0.2) is 40.1 Å². The third-order valence-corrected chi connectivity index (χ3v) is 3.68. The lowest BCUT2D eigenvalue weighted by atomic mass is 10.3. The highest BCUT2D eigenvalue weighted by molar-refractivity contribution is 8.18. The van der Waals surface area contributed by atoms with Crippen LogP contribution in [0.25, 0.3) is 0 Å². The van der Waals surface area contributed by atoms with Crippen LogP contribution < -0.4 is 0 Å². The number of nitrogens with zero attached hydrogens (tertiary/aromatic N) is 2. The average molecular weight is 284 g/mol. The Morgan fingerprint density at radius 2 is 2.05 bits per heavy atom. The second kappa shape index (κ2) is 7.99. The third kappa shape index (κ3) is 4.70. The van der Waals surface area contributed by atoms with Crippen molar-refractivity contribution in [2.45, 2.75) is 39.5 Å². The van der Waals surface area contributed by atoms with Gasteiger partial charge in [0.25, 0.3) is 5.91 Å². The van der Waals surface area contributed by atoms with E-state index in [-0.39, 0.29) is 10.8 Å². The van der Waals surface area contributed by atoms with Crippen molar-refractivity contribution >= 4 is 28.8 Å². The first-order chi connectivity index (χ1) is 9.10. The summed E-state index contributed by atoms with van der Waals surface area (Å²) in [6.45, 7) is 5.41. The Kier molecular flexibility index (Phi) is 6.62. The van der Waals surface area contributed by atoms with Crippen LogP contribution in [0.4, 0.5) is 0 Å². The number of hydrogen-bond acceptors (Lipinski definition) is 4. The number of amides is 1. The van der Waals surface area contributed by atoms with Crippen LogP contribution in [0, 0.1) is 0 Å². The highest BCUT2D eigenvalue weighted by atomic mass is 32.2. The summed E-state index contributed by atoms with van der Waals surface area (Å²) in [7, 11) is 0. The van der Waals surface area contributed by atoms with Gasteiger partial charge in [-0.15, -0.1) is 0 Å². The summed E-state index contributed by atoms with van der Waals surface area (Å²) in [5, 5.41) is 9.39. The minimum atomic E-state index is -1.10. The van der Waals surface area contributed by atoms with Crippen LogP contribution in [-0.2, 0) is 9.59 Å². The highest BCUT2D eigenvalue weighted by Crippen LogP contribution is 2.31. The molecule has 0 atom stereocenters. The largest absolute Gasteiger partial charge is 0.478 e. The second-order valence-electron chi connectivity index (χ2n) is 4.28. The zero-order chi connectivity index (χ0) is 14.3. The van der Waals surface area contributed by atoms with Crippen LogP contribution in [0.3, 0.4) is 0 Å². The lowest BCUT2D eigenvalue weighted by molar-refractivity contribution is -0.132. The van der Waals surface area contributed by atoms with E-state index in [4.69, 9.17) is 5.11 Å². The Bertz CT molecular complexity index is 405. The predicted molar refractivity (Wildman–Crippen MR) is 77.1 cm³/mol. The van der Waals surface area contributed by atoms with Crippen LogP contribution in [0.15, 0.2) is 16.0 Å². The molecular formula is C13H20N2O3S. The van der Waals surface area contributed by atoms with Gasteiger partial charge in [0.1, 0.15) is 0 Å². The van der Waals surface area contributed by atoms with Crippen LogP contribution in [0.1, 0.15) is 39.5 Å². The first-order valence-corrected chi connectivity index (χ1v) is 7.40. The van der Waals surface area contributed by atoms with Crippen molar-refractivity contribution in [3.63, 3.8) is 0 Å². The average Bonchev–Trinajstić information content (AvgIpc) is 2.64. The van der Waals surface area contributed by atoms with E-state index < -0.39 is 5.97 Å². The van der Waals surface area contributed by atoms with E-state index in [1.54, 1.807) is 4.90 Å². The maximum atomic E-state index is 12.1. The van der Waals surface area contributed by atoms with Gasteiger partial charge < -0.3 is 5.11 Å². The zero-order valence-electron chi connectivity index (χ0n) is 11.4. The second-order valence-corrected chi connectivity index (χ2v) is 5.29. The van der Waals surface area contributed by atoms with Crippen molar-refractivity contribution < 1.29 is 14.7 Å². The Balaban J connectivity index is 2.84. The first kappa shape index (κ1) is 15.8. The summed E-state index contributed by atoms with van der Waals surface area (Å²) in [6, 6.07) is 0. The van der Waals surface area contributed by atoms with Crippen molar-refractivity contribution in [1.29, 1.82) is 0 Å². The Morgan fingerprint density at radius 3 is 2.63 bits per heavy atom. The van der Waals surface area contributed by atoms with Crippen molar-refractivity contribution in [1.82, 2.24) is 4.90 Å². The molecule has 1 aliphatic rings. The quantitative estimate of drug-likeness (QED) is 0.576. The lowest BCUT2D eigenvalue weighted by Crippen LogP contribution is -2.30. The molecule has 1 fully saturated rings. The molecule has 5 nitrogen and oxygen atoms in total. The molecule has 1 heterocycles. The van der Waals surface area contributed by atoms with Gasteiger partial charge in [0, 0.05) is 19.2 Å². The molecule has 0 saturated carbocycles. The SMILES string of the molecule is CCCCN=C1SC(=CC(=O)O)C(=O)N1CCCC. The standard InChI is InChI=1S/C13H20N2O3S/c1-3-5-7-14-13-15(8-6-4-2)12(18)10(19-13)9-11(16)17/h9H,3-8H2,1-2H3,(H,16,17). The summed E-state index contributed by atoms with van der Waals surface area (Å²) in [4.78, 5) is 29.0. The normalized spacial score (nSPS) is 19.7. The fourth-order valence-electron chi connectivity index (χ4n) is 1.58. The number of aliphatic carboxylic acids is 1. The van der Waals surface area contributed by atoms with Gasteiger partial charge in [-0.3, -0.25) is 14.7 Å². The van der Waals surface area contributed by atoms with Crippen LogP contribution in [0.5, 0.6) is 0 Å². The molecule has 0 bridgehead atoms. The molecule has 6 heteroatoms.